The van der Waals surface area contributed by atoms with E-state index in [0.717, 1.165) is 181 Å². The van der Waals surface area contributed by atoms with Crippen LogP contribution in [0.1, 0.15) is 601 Å². The van der Waals surface area contributed by atoms with Crippen molar-refractivity contribution in [1.82, 2.24) is 0 Å². The molecule has 0 aromatic heterocycles. The van der Waals surface area contributed by atoms with Gasteiger partial charge in [-0.05, 0) is 241 Å². The van der Waals surface area contributed by atoms with E-state index in [1.165, 1.54) is 205 Å². The second kappa shape index (κ2) is 93.9. The zero-order chi connectivity index (χ0) is 101. The van der Waals surface area contributed by atoms with Gasteiger partial charge in [0.15, 0.2) is 0 Å². The van der Waals surface area contributed by atoms with Gasteiger partial charge in [-0.1, -0.05) is 511 Å². The number of hydrogen-bond acceptors (Lipinski definition) is 3. The molecule has 3 aliphatic heterocycles. The van der Waals surface area contributed by atoms with E-state index in [9.17, 15) is 0 Å². The molecular weight excluding hydrogens is 1530 g/mol. The summed E-state index contributed by atoms with van der Waals surface area (Å²) in [6.07, 6.45) is 46.2. The molecule has 0 aromatic carbocycles. The second-order valence-corrected chi connectivity index (χ2v) is 47.8. The highest BCUT2D eigenvalue weighted by Gasteiger charge is 2.50. The molecule has 3 heteroatoms. The van der Waals surface area contributed by atoms with E-state index in [2.05, 4.69) is 291 Å². The van der Waals surface area contributed by atoms with Crippen LogP contribution in [0.15, 0.2) is 0 Å². The first-order chi connectivity index (χ1) is 58.1. The quantitative estimate of drug-likeness (QED) is 0.108. The van der Waals surface area contributed by atoms with E-state index < -0.39 is 0 Å². The summed E-state index contributed by atoms with van der Waals surface area (Å²) < 4.78 is 15.4. The molecule has 10 fully saturated rings. The van der Waals surface area contributed by atoms with E-state index in [4.69, 9.17) is 14.2 Å². The Bertz CT molecular complexity index is 1890. The van der Waals surface area contributed by atoms with Crippen molar-refractivity contribution in [1.29, 1.82) is 0 Å². The lowest BCUT2D eigenvalue weighted by Gasteiger charge is -2.54. The molecule has 3 heterocycles. The Labute approximate surface area is 812 Å². The third-order valence-corrected chi connectivity index (χ3v) is 27.2. The Hall–Kier alpha value is -0.120. The minimum atomic E-state index is 0. The largest absolute Gasteiger partial charge is 0.381 e. The van der Waals surface area contributed by atoms with Crippen LogP contribution in [0.4, 0.5) is 0 Å². The molecule has 0 bridgehead atoms. The highest BCUT2D eigenvalue weighted by Crippen LogP contribution is 2.54. The van der Waals surface area contributed by atoms with Crippen LogP contribution in [0.2, 0.25) is 0 Å². The summed E-state index contributed by atoms with van der Waals surface area (Å²) in [5.74, 6) is 20.3. The van der Waals surface area contributed by atoms with Crippen molar-refractivity contribution in [3.05, 3.63) is 0 Å². The van der Waals surface area contributed by atoms with Crippen molar-refractivity contribution in [2.45, 2.75) is 601 Å². The summed E-state index contributed by atoms with van der Waals surface area (Å²) in [7, 11) is 0. The predicted molar refractivity (Wildman–Crippen MR) is 596 cm³/mol. The highest BCUT2D eigenvalue weighted by atomic mass is 16.5. The van der Waals surface area contributed by atoms with Gasteiger partial charge in [-0.15, -0.1) is 0 Å². The van der Waals surface area contributed by atoms with E-state index in [0.29, 0.717) is 21.7 Å². The van der Waals surface area contributed by atoms with Gasteiger partial charge >= 0.3 is 0 Å². The zero-order valence-electron chi connectivity index (χ0n) is 99.8. The highest BCUT2D eigenvalue weighted by molar-refractivity contribution is 4.99. The lowest BCUT2D eigenvalue weighted by molar-refractivity contribution is -0.185. The number of rotatable bonds is 22. The minimum Gasteiger partial charge on any atom is -0.381 e. The predicted octanol–water partition coefficient (Wildman–Crippen LogP) is 44.6. The molecule has 10 rings (SSSR count). The first-order valence-electron chi connectivity index (χ1n) is 56.8. The fourth-order valence-electron chi connectivity index (χ4n) is 15.5. The maximum Gasteiger partial charge on any atom is 0.0545 e. The molecular formula is C123H270O3. The average molecular weight is 1800 g/mol. The molecule has 126 heavy (non-hydrogen) atoms. The van der Waals surface area contributed by atoms with Gasteiger partial charge in [-0.25, -0.2) is 0 Å². The van der Waals surface area contributed by atoms with E-state index in [-0.39, 0.29) is 7.43 Å². The third kappa shape index (κ3) is 104. The average Bonchev–Trinajstić information content (AvgIpc) is 1.66. The van der Waals surface area contributed by atoms with Crippen molar-refractivity contribution in [2.75, 3.05) is 39.6 Å². The normalized spacial score (nSPS) is 18.2. The molecule has 0 N–H and O–H groups in total. The Morgan fingerprint density at radius 3 is 0.770 bits per heavy atom. The van der Waals surface area contributed by atoms with Gasteiger partial charge in [0.25, 0.3) is 0 Å². The van der Waals surface area contributed by atoms with E-state index in [1.54, 1.807) is 0 Å². The molecule has 0 aromatic rings. The van der Waals surface area contributed by atoms with Crippen LogP contribution >= 0.6 is 0 Å². The molecule has 1 spiro atoms. The fourth-order valence-corrected chi connectivity index (χ4v) is 15.5. The number of ether oxygens (including phenoxy) is 3. The first-order valence-corrected chi connectivity index (χ1v) is 56.8. The Morgan fingerprint density at radius 2 is 0.651 bits per heavy atom. The fraction of sp³-hybridized carbons (Fsp3) is 1.00. The van der Waals surface area contributed by atoms with E-state index >= 15 is 0 Å². The van der Waals surface area contributed by atoms with Gasteiger partial charge in [-0.3, -0.25) is 0 Å². The smallest absolute Gasteiger partial charge is 0.0545 e. The molecule has 10 aliphatic rings. The Kier molecular flexibility index (Phi) is 113. The molecule has 780 valence electrons. The summed E-state index contributed by atoms with van der Waals surface area (Å²) in [5.41, 5.74) is 3.87. The van der Waals surface area contributed by atoms with Crippen molar-refractivity contribution < 1.29 is 14.2 Å². The van der Waals surface area contributed by atoms with Crippen LogP contribution in [0.3, 0.4) is 0 Å². The zero-order valence-corrected chi connectivity index (χ0v) is 99.8. The molecule has 0 radical (unpaired) electrons. The first kappa shape index (κ1) is 151. The van der Waals surface area contributed by atoms with Gasteiger partial charge in [0.1, 0.15) is 0 Å². The minimum absolute atomic E-state index is 0. The standard InChI is InChI=1S/C9H16O.3C9H18.2C9H20.C8H16.C7H14O.C7H14.2C7H16.C6H12O.C6H12.C6H14.7C2H6.CH4/c1-7(2)8-3-9(4-8)5-10-6-9;1-8(2)4-5-9(3)6-7-9;1-8(2)9-6-4-3-5-7-9;1-4-9(5-6-9)7-8(2)3;1-8(2)6-7-9(3,4)5;1-6-9(4,5)7-8(2)3;1-7(2)8-5-3-4-6-8;1-6(2)7-3-4-8-5-7;1-6(2)7-4-3-5-7;1-6(2)7(3,4)5;1-6(2)5-7(3)4;1-5(2)6-3-7-4-6;1-5(2)6-3-4-6;1-4-5-6(2)3;7*1-2;/h7-8H,3-6H2,1-2H3;8H,4-7H2,1-3H3;8-9H,3-7H2,1-2H3;8H,4-7H2,1-3H3;2*8H,6-7H2,1-5H3;7-8H,3-6H2,1-2H3;6-7H,3-5H2,1-2H3;6-7H,3-5H2,1-2H3;6H,1-5H3;6-7H,5H2,1-4H3;5-6H,3-4H2,1-2H3;5-6H,3-4H2,1-2H3;6H,4-5H2,1-3H3;7*1-2H3;1H4. The molecule has 3 nitrogen and oxygen atoms in total. The molecule has 3 saturated heterocycles. The summed E-state index contributed by atoms with van der Waals surface area (Å²) in [4.78, 5) is 0. The summed E-state index contributed by atoms with van der Waals surface area (Å²) >= 11 is 0. The van der Waals surface area contributed by atoms with Crippen LogP contribution < -0.4 is 0 Å². The van der Waals surface area contributed by atoms with Gasteiger partial charge in [0.2, 0.25) is 0 Å². The second-order valence-electron chi connectivity index (χ2n) is 47.8. The summed E-state index contributed by atoms with van der Waals surface area (Å²) in [6.45, 7) is 130. The number of hydrogen-bond donors (Lipinski definition) is 0. The van der Waals surface area contributed by atoms with Crippen LogP contribution in [-0.2, 0) is 14.2 Å². The summed E-state index contributed by atoms with van der Waals surface area (Å²) in [5, 5.41) is 0. The van der Waals surface area contributed by atoms with Crippen LogP contribution in [-0.4, -0.2) is 39.6 Å². The topological polar surface area (TPSA) is 27.7 Å². The lowest BCUT2D eigenvalue weighted by Crippen LogP contribution is -2.53. The van der Waals surface area contributed by atoms with Crippen molar-refractivity contribution in [3.63, 3.8) is 0 Å². The van der Waals surface area contributed by atoms with E-state index in [1.807, 2.05) is 96.9 Å². The molecule has 0 amide bonds. The van der Waals surface area contributed by atoms with Gasteiger partial charge in [0.05, 0.1) is 26.4 Å². The van der Waals surface area contributed by atoms with Crippen molar-refractivity contribution >= 4 is 0 Å². The maximum atomic E-state index is 5.22. The molecule has 1 unspecified atom stereocenters. The Morgan fingerprint density at radius 1 is 0.325 bits per heavy atom. The van der Waals surface area contributed by atoms with Crippen LogP contribution in [0, 0.1) is 163 Å². The SMILES string of the molecule is C.CC.CC.CC.CC.CC.CC.CC.CC(C)C(C)(C)C.CC(C)C1CC1.CC(C)C1CC2(COC2)C1.CC(C)C1CCC1.CC(C)C1CCCC1.CC(C)C1CCCCC1.CC(C)C1CCOC1.CC(C)C1COC1.CC(C)CC(C)C.CC(C)CCC(C)(C)C.CC(C)CCC1(C)CC1.CCC(C)(C)CC(C)C.CCC1(CC(C)C)CC1.CCCC(C)C. The molecule has 7 saturated carbocycles. The Balaban J connectivity index is -0.000000110. The monoisotopic (exact) mass is 1800 g/mol. The molecule has 7 aliphatic carbocycles. The third-order valence-electron chi connectivity index (χ3n) is 27.2. The van der Waals surface area contributed by atoms with Crippen LogP contribution in [0.5, 0.6) is 0 Å². The van der Waals surface area contributed by atoms with Crippen molar-refractivity contribution in [2.24, 2.45) is 163 Å². The van der Waals surface area contributed by atoms with Crippen molar-refractivity contribution in [3.8, 4) is 0 Å². The van der Waals surface area contributed by atoms with Gasteiger partial charge in [0, 0.05) is 24.5 Å². The summed E-state index contributed by atoms with van der Waals surface area (Å²) in [6, 6.07) is 0. The lowest BCUT2D eigenvalue weighted by atomic mass is 9.58. The van der Waals surface area contributed by atoms with Gasteiger partial charge in [-0.2, -0.15) is 0 Å². The maximum absolute atomic E-state index is 5.22. The van der Waals surface area contributed by atoms with Gasteiger partial charge < -0.3 is 14.2 Å². The molecule has 1 atom stereocenters. The van der Waals surface area contributed by atoms with Crippen LogP contribution in [0.25, 0.3) is 0 Å².